The van der Waals surface area contributed by atoms with Gasteiger partial charge in [-0.1, -0.05) is 0 Å². The van der Waals surface area contributed by atoms with E-state index in [2.05, 4.69) is 21.4 Å². The van der Waals surface area contributed by atoms with Gasteiger partial charge in [0.2, 0.25) is 0 Å². The number of aromatic nitrogens is 2. The molecule has 78 valence electrons. The molecule has 1 aromatic heterocycles. The largest absolute Gasteiger partial charge is 0.370 e. The van der Waals surface area contributed by atoms with Gasteiger partial charge in [-0.25, -0.2) is 0 Å². The van der Waals surface area contributed by atoms with Crippen LogP contribution in [0, 0.1) is 33.1 Å². The number of hydrogen-bond donors (Lipinski definition) is 3. The van der Waals surface area contributed by atoms with Crippen molar-refractivity contribution in [3.05, 3.63) is 22.8 Å². The molecule has 0 spiro atoms. The van der Waals surface area contributed by atoms with E-state index in [-0.39, 0.29) is 5.96 Å². The van der Waals surface area contributed by atoms with E-state index in [1.165, 1.54) is 0 Å². The number of nitrogens with two attached hydrogens (primary N) is 2. The summed E-state index contributed by atoms with van der Waals surface area (Å²) in [5.74, 6) is -0.333. The zero-order valence-corrected chi connectivity index (χ0v) is 9.05. The maximum absolute atomic E-state index is 6.06. The van der Waals surface area contributed by atoms with Crippen molar-refractivity contribution in [2.24, 2.45) is 11.5 Å². The number of rotatable bonds is 0. The number of hydrogen-bond acceptors (Lipinski definition) is 3. The van der Waals surface area contributed by atoms with E-state index in [1.807, 2.05) is 27.7 Å². The summed E-state index contributed by atoms with van der Waals surface area (Å²) < 4.78 is 0. The highest BCUT2D eigenvalue weighted by Crippen LogP contribution is 2.04. The third-order valence-corrected chi connectivity index (χ3v) is 1.72. The highest BCUT2D eigenvalue weighted by Gasteiger charge is 1.98. The Morgan fingerprint density at radius 2 is 1.00 bits per heavy atom. The fraction of sp³-hybridized carbons (Fsp3) is 0.444. The summed E-state index contributed by atoms with van der Waals surface area (Å²) in [5.41, 5.74) is 13.1. The van der Waals surface area contributed by atoms with Gasteiger partial charge in [0.1, 0.15) is 0 Å². The molecule has 5 N–H and O–H groups in total. The van der Waals surface area contributed by atoms with Crippen LogP contribution in [0.3, 0.4) is 0 Å². The first-order chi connectivity index (χ1) is 6.34. The number of nitrogens with zero attached hydrogens (tertiary/aromatic N) is 2. The van der Waals surface area contributed by atoms with E-state index in [0.717, 1.165) is 22.8 Å². The second-order valence-corrected chi connectivity index (χ2v) is 3.02. The Kier molecular flexibility index (Phi) is 4.55. The van der Waals surface area contributed by atoms with Crippen LogP contribution in [0.2, 0.25) is 0 Å². The molecule has 14 heavy (non-hydrogen) atoms. The van der Waals surface area contributed by atoms with Gasteiger partial charge in [0.15, 0.2) is 5.96 Å². The van der Waals surface area contributed by atoms with Crippen LogP contribution in [0.15, 0.2) is 0 Å². The SMILES string of the molecule is Cc1nc(C)c(C)nc1C.N=C(N)N. The lowest BCUT2D eigenvalue weighted by Gasteiger charge is -2.01. The number of nitrogens with one attached hydrogen (secondary N) is 1. The minimum atomic E-state index is -0.333. The Morgan fingerprint density at radius 3 is 1.14 bits per heavy atom. The number of guanidine groups is 1. The van der Waals surface area contributed by atoms with Gasteiger partial charge in [0, 0.05) is 0 Å². The lowest BCUT2D eigenvalue weighted by molar-refractivity contribution is 0.959. The van der Waals surface area contributed by atoms with E-state index in [9.17, 15) is 0 Å². The Bertz CT molecular complexity index is 278. The molecule has 1 rings (SSSR count). The van der Waals surface area contributed by atoms with E-state index in [4.69, 9.17) is 5.41 Å². The highest BCUT2D eigenvalue weighted by molar-refractivity contribution is 5.71. The van der Waals surface area contributed by atoms with Gasteiger partial charge >= 0.3 is 0 Å². The summed E-state index contributed by atoms with van der Waals surface area (Å²) in [7, 11) is 0. The molecule has 0 unspecified atom stereocenters. The molecule has 1 heterocycles. The monoisotopic (exact) mass is 195 g/mol. The molecule has 0 amide bonds. The van der Waals surface area contributed by atoms with Crippen molar-refractivity contribution in [3.8, 4) is 0 Å². The van der Waals surface area contributed by atoms with Crippen LogP contribution in [0.1, 0.15) is 22.8 Å². The van der Waals surface area contributed by atoms with Crippen LogP contribution in [-0.4, -0.2) is 15.9 Å². The van der Waals surface area contributed by atoms with Gasteiger partial charge in [0.05, 0.1) is 22.8 Å². The summed E-state index contributed by atoms with van der Waals surface area (Å²) in [5, 5.41) is 6.06. The minimum absolute atomic E-state index is 0.333. The van der Waals surface area contributed by atoms with Crippen molar-refractivity contribution in [2.75, 3.05) is 0 Å². The first-order valence-electron chi connectivity index (χ1n) is 4.22. The first-order valence-corrected chi connectivity index (χ1v) is 4.22. The zero-order chi connectivity index (χ0) is 11.3. The molecular formula is C9H17N5. The lowest BCUT2D eigenvalue weighted by atomic mass is 10.3. The fourth-order valence-electron chi connectivity index (χ4n) is 0.827. The average Bonchev–Trinajstić information content (AvgIpc) is 2.00. The molecule has 0 atom stereocenters. The molecule has 0 aliphatic rings. The third-order valence-electron chi connectivity index (χ3n) is 1.72. The van der Waals surface area contributed by atoms with Gasteiger partial charge in [-0.15, -0.1) is 0 Å². The summed E-state index contributed by atoms with van der Waals surface area (Å²) >= 11 is 0. The predicted molar refractivity (Wildman–Crippen MR) is 57.1 cm³/mol. The molecule has 0 aliphatic carbocycles. The second-order valence-electron chi connectivity index (χ2n) is 3.02. The molecule has 0 radical (unpaired) electrons. The maximum atomic E-state index is 6.06. The second kappa shape index (κ2) is 5.16. The van der Waals surface area contributed by atoms with Crippen LogP contribution in [0.25, 0.3) is 0 Å². The van der Waals surface area contributed by atoms with E-state index in [0.29, 0.717) is 0 Å². The van der Waals surface area contributed by atoms with Gasteiger partial charge in [-0.2, -0.15) is 0 Å². The van der Waals surface area contributed by atoms with E-state index < -0.39 is 0 Å². The average molecular weight is 195 g/mol. The van der Waals surface area contributed by atoms with Crippen LogP contribution in [-0.2, 0) is 0 Å². The summed E-state index contributed by atoms with van der Waals surface area (Å²) in [6, 6.07) is 0. The molecule has 5 nitrogen and oxygen atoms in total. The molecule has 5 heteroatoms. The Balaban J connectivity index is 0.000000364. The summed E-state index contributed by atoms with van der Waals surface area (Å²) in [4.78, 5) is 8.62. The number of aryl methyl sites for hydroxylation is 4. The molecule has 1 aromatic rings. The standard InChI is InChI=1S/C8H12N2.CH5N3/c1-5-6(2)10-8(4)7(3)9-5;2-1(3)4/h1-4H3;(H5,2,3,4). The smallest absolute Gasteiger partial charge is 0.183 e. The Morgan fingerprint density at radius 1 is 0.857 bits per heavy atom. The fourth-order valence-corrected chi connectivity index (χ4v) is 0.827. The van der Waals surface area contributed by atoms with Gasteiger partial charge in [-0.05, 0) is 27.7 Å². The van der Waals surface area contributed by atoms with Crippen LogP contribution >= 0.6 is 0 Å². The van der Waals surface area contributed by atoms with E-state index >= 15 is 0 Å². The van der Waals surface area contributed by atoms with Crippen LogP contribution < -0.4 is 11.5 Å². The highest BCUT2D eigenvalue weighted by atomic mass is 14.9. The van der Waals surface area contributed by atoms with Crippen LogP contribution in [0.5, 0.6) is 0 Å². The van der Waals surface area contributed by atoms with Gasteiger partial charge in [-0.3, -0.25) is 15.4 Å². The maximum Gasteiger partial charge on any atom is 0.183 e. The van der Waals surface area contributed by atoms with Crippen molar-refractivity contribution in [3.63, 3.8) is 0 Å². The van der Waals surface area contributed by atoms with Gasteiger partial charge in [0.25, 0.3) is 0 Å². The molecule has 0 aromatic carbocycles. The van der Waals surface area contributed by atoms with Crippen LogP contribution in [0.4, 0.5) is 0 Å². The van der Waals surface area contributed by atoms with Crippen molar-refractivity contribution >= 4 is 5.96 Å². The molecule has 0 fully saturated rings. The Hall–Kier alpha value is -1.65. The molecule has 0 saturated heterocycles. The van der Waals surface area contributed by atoms with Crippen molar-refractivity contribution in [1.82, 2.24) is 9.97 Å². The summed E-state index contributed by atoms with van der Waals surface area (Å²) in [6.45, 7) is 7.92. The van der Waals surface area contributed by atoms with Crippen molar-refractivity contribution in [1.29, 1.82) is 5.41 Å². The van der Waals surface area contributed by atoms with Gasteiger partial charge < -0.3 is 11.5 Å². The summed E-state index contributed by atoms with van der Waals surface area (Å²) in [6.07, 6.45) is 0. The molecule has 0 aliphatic heterocycles. The molecular weight excluding hydrogens is 178 g/mol. The van der Waals surface area contributed by atoms with Crippen molar-refractivity contribution in [2.45, 2.75) is 27.7 Å². The lowest BCUT2D eigenvalue weighted by Crippen LogP contribution is -2.20. The normalized spacial score (nSPS) is 8.86. The van der Waals surface area contributed by atoms with E-state index in [1.54, 1.807) is 0 Å². The predicted octanol–water partition coefficient (Wildman–Crippen LogP) is 0.549. The topological polar surface area (TPSA) is 102 Å². The van der Waals surface area contributed by atoms with Crippen molar-refractivity contribution < 1.29 is 0 Å². The first kappa shape index (κ1) is 12.3. The zero-order valence-electron chi connectivity index (χ0n) is 9.05. The quantitative estimate of drug-likeness (QED) is 0.415. The molecule has 0 saturated carbocycles. The Labute approximate surface area is 84.1 Å². The third kappa shape index (κ3) is 4.39. The molecule has 0 bridgehead atoms. The minimum Gasteiger partial charge on any atom is -0.370 e.